The summed E-state index contributed by atoms with van der Waals surface area (Å²) in [6.07, 6.45) is 0.721. The first-order valence-corrected chi connectivity index (χ1v) is 12.2. The molecule has 1 aliphatic heterocycles. The third kappa shape index (κ3) is 5.76. The van der Waals surface area contributed by atoms with E-state index in [0.717, 1.165) is 35.4 Å². The van der Waals surface area contributed by atoms with Crippen LogP contribution in [0.15, 0.2) is 48.0 Å². The highest BCUT2D eigenvalue weighted by molar-refractivity contribution is 6.46. The zero-order valence-corrected chi connectivity index (χ0v) is 22.0. The van der Waals surface area contributed by atoms with Gasteiger partial charge in [0.2, 0.25) is 0 Å². The van der Waals surface area contributed by atoms with Gasteiger partial charge in [-0.05, 0) is 81.2 Å². The minimum atomic E-state index is -0.649. The van der Waals surface area contributed by atoms with Crippen molar-refractivity contribution < 1.29 is 19.4 Å². The standard InChI is InChI=1S/C29H38N2O4/c1-8-35-23-15-12-21(18-19(23)2)26(32)24-25(20-10-13-22(14-11-20)29(3,4)5)31(28(34)27(24)33)17-9-16-30(6)7/h10-15,18,25,32H,8-9,16-17H2,1-7H3/t25-/m0/s1. The van der Waals surface area contributed by atoms with Crippen LogP contribution >= 0.6 is 0 Å². The zero-order chi connectivity index (χ0) is 25.9. The number of aliphatic hydroxyl groups is 1. The molecule has 2 aromatic rings. The molecule has 1 heterocycles. The molecule has 1 N–H and O–H groups in total. The molecule has 188 valence electrons. The first kappa shape index (κ1) is 26.5. The number of amides is 1. The average molecular weight is 479 g/mol. The van der Waals surface area contributed by atoms with Crippen LogP contribution < -0.4 is 4.74 Å². The van der Waals surface area contributed by atoms with Crippen molar-refractivity contribution in [1.29, 1.82) is 0 Å². The second-order valence-electron chi connectivity index (χ2n) is 10.4. The Bertz CT molecular complexity index is 1110. The third-order valence-corrected chi connectivity index (χ3v) is 6.38. The lowest BCUT2D eigenvalue weighted by atomic mass is 9.85. The van der Waals surface area contributed by atoms with Crippen LogP contribution in [0.25, 0.3) is 5.76 Å². The Morgan fingerprint density at radius 1 is 1.09 bits per heavy atom. The summed E-state index contributed by atoms with van der Waals surface area (Å²) in [7, 11) is 3.95. The van der Waals surface area contributed by atoms with E-state index in [1.54, 1.807) is 23.1 Å². The molecule has 0 aromatic heterocycles. The molecule has 35 heavy (non-hydrogen) atoms. The molecule has 6 nitrogen and oxygen atoms in total. The summed E-state index contributed by atoms with van der Waals surface area (Å²) >= 11 is 0. The highest BCUT2D eigenvalue weighted by Crippen LogP contribution is 2.40. The summed E-state index contributed by atoms with van der Waals surface area (Å²) < 4.78 is 5.61. The van der Waals surface area contributed by atoms with E-state index in [0.29, 0.717) is 18.7 Å². The number of aliphatic hydroxyl groups excluding tert-OH is 1. The topological polar surface area (TPSA) is 70.1 Å². The predicted molar refractivity (Wildman–Crippen MR) is 140 cm³/mol. The Morgan fingerprint density at radius 3 is 2.29 bits per heavy atom. The van der Waals surface area contributed by atoms with E-state index >= 15 is 0 Å². The fraction of sp³-hybridized carbons (Fsp3) is 0.448. The molecule has 3 rings (SSSR count). The number of benzene rings is 2. The van der Waals surface area contributed by atoms with Gasteiger partial charge in [0, 0.05) is 12.1 Å². The molecule has 0 radical (unpaired) electrons. The molecule has 1 amide bonds. The fourth-order valence-corrected chi connectivity index (χ4v) is 4.45. The summed E-state index contributed by atoms with van der Waals surface area (Å²) in [5.41, 5.74) is 3.42. The van der Waals surface area contributed by atoms with Crippen molar-refractivity contribution in [2.45, 2.75) is 52.5 Å². The van der Waals surface area contributed by atoms with Crippen LogP contribution in [-0.2, 0) is 15.0 Å². The maximum absolute atomic E-state index is 13.2. The Hall–Kier alpha value is -3.12. The normalized spacial score (nSPS) is 17.9. The quantitative estimate of drug-likeness (QED) is 0.326. The van der Waals surface area contributed by atoms with Crippen LogP contribution in [0.2, 0.25) is 0 Å². The number of likely N-dealkylation sites (tertiary alicyclic amines) is 1. The van der Waals surface area contributed by atoms with Gasteiger partial charge in [-0.25, -0.2) is 0 Å². The second kappa shape index (κ2) is 10.6. The maximum atomic E-state index is 13.2. The number of ether oxygens (including phenoxy) is 1. The lowest BCUT2D eigenvalue weighted by Gasteiger charge is -2.27. The van der Waals surface area contributed by atoms with Gasteiger partial charge < -0.3 is 19.6 Å². The molecule has 0 bridgehead atoms. The third-order valence-electron chi connectivity index (χ3n) is 6.38. The number of carbonyl (C=O) groups is 2. The number of hydrogen-bond donors (Lipinski definition) is 1. The summed E-state index contributed by atoms with van der Waals surface area (Å²) in [5.74, 6) is -0.654. The number of Topliss-reactive ketones (excluding diaryl/α,β-unsaturated/α-hetero) is 1. The molecule has 1 saturated heterocycles. The molecule has 0 unspecified atom stereocenters. The van der Waals surface area contributed by atoms with Crippen molar-refractivity contribution in [1.82, 2.24) is 9.80 Å². The van der Waals surface area contributed by atoms with Gasteiger partial charge in [0.1, 0.15) is 11.5 Å². The summed E-state index contributed by atoms with van der Waals surface area (Å²) in [4.78, 5) is 30.0. The highest BCUT2D eigenvalue weighted by Gasteiger charge is 2.45. The summed E-state index contributed by atoms with van der Waals surface area (Å²) in [6.45, 7) is 12.0. The van der Waals surface area contributed by atoms with E-state index < -0.39 is 17.7 Å². The van der Waals surface area contributed by atoms with Crippen LogP contribution in [0.4, 0.5) is 0 Å². The van der Waals surface area contributed by atoms with Crippen LogP contribution in [-0.4, -0.2) is 60.4 Å². The van der Waals surface area contributed by atoms with Gasteiger partial charge in [-0.15, -0.1) is 0 Å². The van der Waals surface area contributed by atoms with Gasteiger partial charge in [0.05, 0.1) is 18.2 Å². The van der Waals surface area contributed by atoms with Gasteiger partial charge in [-0.1, -0.05) is 45.0 Å². The molecule has 1 fully saturated rings. The Balaban J connectivity index is 2.10. The summed E-state index contributed by atoms with van der Waals surface area (Å²) in [5, 5.41) is 11.3. The van der Waals surface area contributed by atoms with Crippen molar-refractivity contribution in [3.8, 4) is 5.75 Å². The Labute approximate surface area is 209 Å². The number of aryl methyl sites for hydroxylation is 1. The lowest BCUT2D eigenvalue weighted by molar-refractivity contribution is -0.139. The van der Waals surface area contributed by atoms with E-state index in [1.165, 1.54) is 0 Å². The van der Waals surface area contributed by atoms with Gasteiger partial charge in [0.25, 0.3) is 11.7 Å². The first-order valence-electron chi connectivity index (χ1n) is 12.2. The van der Waals surface area contributed by atoms with Gasteiger partial charge in [-0.2, -0.15) is 0 Å². The number of ketones is 1. The monoisotopic (exact) mass is 478 g/mol. The van der Waals surface area contributed by atoms with Crippen LogP contribution in [0.5, 0.6) is 5.75 Å². The smallest absolute Gasteiger partial charge is 0.295 e. The Morgan fingerprint density at radius 2 is 1.74 bits per heavy atom. The lowest BCUT2D eigenvalue weighted by Crippen LogP contribution is -2.32. The number of rotatable bonds is 8. The molecular weight excluding hydrogens is 440 g/mol. The Kier molecular flexibility index (Phi) is 8.06. The van der Waals surface area contributed by atoms with E-state index in [-0.39, 0.29) is 16.7 Å². The minimum Gasteiger partial charge on any atom is -0.507 e. The van der Waals surface area contributed by atoms with Gasteiger partial charge >= 0.3 is 0 Å². The van der Waals surface area contributed by atoms with Crippen molar-refractivity contribution in [2.75, 3.05) is 33.8 Å². The highest BCUT2D eigenvalue weighted by atomic mass is 16.5. The molecule has 0 saturated carbocycles. The van der Waals surface area contributed by atoms with Crippen LogP contribution in [0.3, 0.4) is 0 Å². The van der Waals surface area contributed by atoms with Crippen molar-refractivity contribution in [3.63, 3.8) is 0 Å². The van der Waals surface area contributed by atoms with Gasteiger partial charge in [0.15, 0.2) is 0 Å². The molecule has 1 atom stereocenters. The largest absolute Gasteiger partial charge is 0.507 e. The second-order valence-corrected chi connectivity index (χ2v) is 10.4. The van der Waals surface area contributed by atoms with E-state index in [1.807, 2.05) is 57.1 Å². The molecule has 2 aromatic carbocycles. The maximum Gasteiger partial charge on any atom is 0.295 e. The molecule has 1 aliphatic rings. The van der Waals surface area contributed by atoms with E-state index in [9.17, 15) is 14.7 Å². The zero-order valence-electron chi connectivity index (χ0n) is 22.0. The SMILES string of the molecule is CCOc1ccc(C(O)=C2C(=O)C(=O)N(CCCN(C)C)[C@H]2c2ccc(C(C)(C)C)cc2)cc1C. The molecule has 6 heteroatoms. The average Bonchev–Trinajstić information content (AvgIpc) is 3.04. The van der Waals surface area contributed by atoms with E-state index in [4.69, 9.17) is 4.74 Å². The fourth-order valence-electron chi connectivity index (χ4n) is 4.45. The van der Waals surface area contributed by atoms with Gasteiger partial charge in [-0.3, -0.25) is 9.59 Å². The number of carbonyl (C=O) groups excluding carboxylic acids is 2. The number of hydrogen-bond acceptors (Lipinski definition) is 5. The predicted octanol–water partition coefficient (Wildman–Crippen LogP) is 5.06. The molecule has 0 spiro atoms. The minimum absolute atomic E-state index is 0.0219. The van der Waals surface area contributed by atoms with Crippen molar-refractivity contribution >= 4 is 17.4 Å². The molecular formula is C29H38N2O4. The van der Waals surface area contributed by atoms with E-state index in [2.05, 4.69) is 20.8 Å². The molecule has 0 aliphatic carbocycles. The van der Waals surface area contributed by atoms with Crippen LogP contribution in [0.1, 0.15) is 62.4 Å². The van der Waals surface area contributed by atoms with Crippen molar-refractivity contribution in [3.05, 3.63) is 70.3 Å². The van der Waals surface area contributed by atoms with Crippen LogP contribution in [0, 0.1) is 6.92 Å². The summed E-state index contributed by atoms with van der Waals surface area (Å²) in [6, 6.07) is 12.7. The van der Waals surface area contributed by atoms with Crippen molar-refractivity contribution in [2.24, 2.45) is 0 Å². The first-order chi connectivity index (χ1) is 16.5. The number of nitrogens with zero attached hydrogens (tertiary/aromatic N) is 2.